The van der Waals surface area contributed by atoms with E-state index in [1.165, 1.54) is 5.52 Å². The van der Waals surface area contributed by atoms with Gasteiger partial charge in [0.15, 0.2) is 0 Å². The molecule has 3 aromatic rings. The number of carbonyl (C=O) groups excluding carboxylic acids is 1. The molecule has 34 heavy (non-hydrogen) atoms. The van der Waals surface area contributed by atoms with Crippen molar-refractivity contribution < 1.29 is 14.1 Å². The molecule has 1 aromatic carbocycles. The van der Waals surface area contributed by atoms with Crippen LogP contribution in [0, 0.1) is 25.7 Å². The maximum absolute atomic E-state index is 12.7. The second-order valence-corrected chi connectivity index (χ2v) is 11.2. The fourth-order valence-electron chi connectivity index (χ4n) is 7.29. The smallest absolute Gasteiger partial charge is 0.223 e. The number of rotatable bonds is 4. The Balaban J connectivity index is 1.38. The van der Waals surface area contributed by atoms with Gasteiger partial charge in [0.1, 0.15) is 11.6 Å². The topological polar surface area (TPSA) is 82.2 Å². The van der Waals surface area contributed by atoms with E-state index in [1.807, 2.05) is 21.0 Å². The van der Waals surface area contributed by atoms with Crippen LogP contribution >= 0.6 is 0 Å². The van der Waals surface area contributed by atoms with E-state index in [1.54, 1.807) is 0 Å². The Morgan fingerprint density at radius 1 is 1.12 bits per heavy atom. The molecule has 3 atom stereocenters. The van der Waals surface area contributed by atoms with Crippen molar-refractivity contribution in [1.82, 2.24) is 20.0 Å². The lowest BCUT2D eigenvalue weighted by molar-refractivity contribution is -0.125. The second kappa shape index (κ2) is 6.94. The average Bonchev–Trinajstić information content (AvgIpc) is 3.44. The summed E-state index contributed by atoms with van der Waals surface area (Å²) < 4.78 is 13.9. The summed E-state index contributed by atoms with van der Waals surface area (Å²) in [6, 6.07) is 6.55. The van der Waals surface area contributed by atoms with Crippen molar-refractivity contribution in [1.29, 1.82) is 0 Å². The van der Waals surface area contributed by atoms with Crippen molar-refractivity contribution in [2.24, 2.45) is 11.8 Å². The van der Waals surface area contributed by atoms with Crippen LogP contribution in [0.5, 0.6) is 0 Å². The van der Waals surface area contributed by atoms with E-state index in [-0.39, 0.29) is 29.0 Å². The van der Waals surface area contributed by atoms with Crippen LogP contribution < -0.4 is 5.32 Å². The van der Waals surface area contributed by atoms with Crippen LogP contribution in [0.15, 0.2) is 22.7 Å². The van der Waals surface area contributed by atoms with Crippen LogP contribution in [0.3, 0.4) is 0 Å². The van der Waals surface area contributed by atoms with E-state index in [0.717, 1.165) is 85.3 Å². The van der Waals surface area contributed by atoms with Gasteiger partial charge in [0.25, 0.3) is 0 Å². The van der Waals surface area contributed by atoms with Gasteiger partial charge in [0.05, 0.1) is 28.4 Å². The highest BCUT2D eigenvalue weighted by Gasteiger charge is 2.53. The molecular formula is C27H32N4O3. The van der Waals surface area contributed by atoms with Crippen molar-refractivity contribution in [3.63, 3.8) is 0 Å². The minimum atomic E-state index is -0.0171. The molecule has 2 aromatic heterocycles. The minimum absolute atomic E-state index is 0.0171. The number of methoxy groups -OCH3 is 1. The molecular weight excluding hydrogens is 428 g/mol. The van der Waals surface area contributed by atoms with Crippen LogP contribution in [-0.4, -0.2) is 33.3 Å². The first-order valence-corrected chi connectivity index (χ1v) is 12.7. The zero-order valence-corrected chi connectivity index (χ0v) is 20.2. The number of aryl methyl sites for hydroxylation is 2. The number of amides is 1. The molecule has 0 radical (unpaired) electrons. The Hall–Kier alpha value is -2.67. The molecule has 5 fully saturated rings. The number of imidazole rings is 1. The largest absolute Gasteiger partial charge is 0.378 e. The number of hydrogen-bond donors (Lipinski definition) is 1. The van der Waals surface area contributed by atoms with Crippen molar-refractivity contribution in [2.45, 2.75) is 82.4 Å². The molecule has 5 aliphatic rings. The highest BCUT2D eigenvalue weighted by Crippen LogP contribution is 2.55. The molecule has 1 aliphatic heterocycles. The molecule has 8 rings (SSSR count). The van der Waals surface area contributed by atoms with Gasteiger partial charge in [-0.25, -0.2) is 4.98 Å². The number of hydrogen-bond acceptors (Lipinski definition) is 5. The van der Waals surface area contributed by atoms with Gasteiger partial charge in [-0.3, -0.25) is 4.79 Å². The number of fused-ring (bicyclic) bond motifs is 5. The molecule has 7 nitrogen and oxygen atoms in total. The van der Waals surface area contributed by atoms with Crippen LogP contribution in [-0.2, 0) is 15.1 Å². The SMILES string of the molecule is COC12CCC(n3c(C4CC5CC5C(=O)N4)nc4cc(-c5c(C)noc5C)ccc43)(CC1)CC2. The minimum Gasteiger partial charge on any atom is -0.378 e. The molecule has 2 bridgehead atoms. The van der Waals surface area contributed by atoms with Crippen LogP contribution in [0.2, 0.25) is 0 Å². The van der Waals surface area contributed by atoms with Gasteiger partial charge in [-0.1, -0.05) is 11.2 Å². The lowest BCUT2D eigenvalue weighted by Gasteiger charge is -2.54. The number of nitrogens with zero attached hydrogens (tertiary/aromatic N) is 3. The molecule has 1 amide bonds. The molecule has 1 saturated heterocycles. The fourth-order valence-corrected chi connectivity index (χ4v) is 7.29. The van der Waals surface area contributed by atoms with Gasteiger partial charge >= 0.3 is 0 Å². The first kappa shape index (κ1) is 20.7. The lowest BCUT2D eigenvalue weighted by atomic mass is 9.62. The Bertz CT molecular complexity index is 1280. The van der Waals surface area contributed by atoms with Crippen molar-refractivity contribution in [3.05, 3.63) is 35.5 Å². The normalized spacial score (nSPS) is 34.3. The van der Waals surface area contributed by atoms with Crippen molar-refractivity contribution in [2.75, 3.05) is 7.11 Å². The molecule has 4 saturated carbocycles. The Kier molecular flexibility index (Phi) is 4.22. The predicted molar refractivity (Wildman–Crippen MR) is 127 cm³/mol. The van der Waals surface area contributed by atoms with Gasteiger partial charge in [0.2, 0.25) is 5.91 Å². The van der Waals surface area contributed by atoms with Gasteiger partial charge in [-0.15, -0.1) is 0 Å². The Morgan fingerprint density at radius 3 is 2.53 bits per heavy atom. The van der Waals surface area contributed by atoms with Gasteiger partial charge in [0, 0.05) is 24.1 Å². The first-order valence-electron chi connectivity index (χ1n) is 12.7. The Labute approximate surface area is 199 Å². The zero-order chi connectivity index (χ0) is 23.2. The highest BCUT2D eigenvalue weighted by molar-refractivity contribution is 5.85. The average molecular weight is 461 g/mol. The number of aromatic nitrogens is 3. The van der Waals surface area contributed by atoms with Crippen molar-refractivity contribution >= 4 is 16.9 Å². The van der Waals surface area contributed by atoms with Gasteiger partial charge in [-0.2, -0.15) is 0 Å². The number of benzene rings is 1. The summed E-state index contributed by atoms with van der Waals surface area (Å²) in [5.74, 6) is 2.81. The molecule has 7 heteroatoms. The first-order chi connectivity index (χ1) is 16.4. The van der Waals surface area contributed by atoms with E-state index in [9.17, 15) is 4.79 Å². The van der Waals surface area contributed by atoms with Crippen LogP contribution in [0.1, 0.15) is 74.7 Å². The number of ether oxygens (including phenoxy) is 1. The van der Waals surface area contributed by atoms with Crippen LogP contribution in [0.4, 0.5) is 0 Å². The predicted octanol–water partition coefficient (Wildman–Crippen LogP) is 4.95. The maximum Gasteiger partial charge on any atom is 0.223 e. The maximum atomic E-state index is 12.7. The molecule has 3 unspecified atom stereocenters. The Morgan fingerprint density at radius 2 is 1.88 bits per heavy atom. The summed E-state index contributed by atoms with van der Waals surface area (Å²) >= 11 is 0. The third-order valence-electron chi connectivity index (χ3n) is 9.47. The molecule has 178 valence electrons. The summed E-state index contributed by atoms with van der Waals surface area (Å²) in [7, 11) is 1.87. The van der Waals surface area contributed by atoms with Crippen molar-refractivity contribution in [3.8, 4) is 11.1 Å². The van der Waals surface area contributed by atoms with Crippen LogP contribution in [0.25, 0.3) is 22.2 Å². The van der Waals surface area contributed by atoms with Gasteiger partial charge < -0.3 is 19.1 Å². The second-order valence-electron chi connectivity index (χ2n) is 11.2. The number of piperidine rings is 1. The molecule has 3 heterocycles. The molecule has 4 aliphatic carbocycles. The molecule has 0 spiro atoms. The lowest BCUT2D eigenvalue weighted by Crippen LogP contribution is -2.52. The monoisotopic (exact) mass is 460 g/mol. The zero-order valence-electron chi connectivity index (χ0n) is 20.2. The summed E-state index contributed by atoms with van der Waals surface area (Å²) in [5.41, 5.74) is 5.27. The quantitative estimate of drug-likeness (QED) is 0.595. The van der Waals surface area contributed by atoms with E-state index in [0.29, 0.717) is 5.92 Å². The summed E-state index contributed by atoms with van der Waals surface area (Å²) in [6.45, 7) is 3.94. The third kappa shape index (κ3) is 2.82. The third-order valence-corrected chi connectivity index (χ3v) is 9.47. The van der Waals surface area contributed by atoms with E-state index in [2.05, 4.69) is 33.2 Å². The van der Waals surface area contributed by atoms with E-state index >= 15 is 0 Å². The molecule has 1 N–H and O–H groups in total. The highest BCUT2D eigenvalue weighted by atomic mass is 16.5. The van der Waals surface area contributed by atoms with E-state index in [4.69, 9.17) is 14.2 Å². The summed E-state index contributed by atoms with van der Waals surface area (Å²) in [5, 5.41) is 7.47. The summed E-state index contributed by atoms with van der Waals surface area (Å²) in [4.78, 5) is 17.9. The summed E-state index contributed by atoms with van der Waals surface area (Å²) in [6.07, 6.45) is 8.56. The number of carbonyl (C=O) groups is 1. The van der Waals surface area contributed by atoms with E-state index < -0.39 is 0 Å². The number of nitrogens with one attached hydrogen (secondary N) is 1. The van der Waals surface area contributed by atoms with Gasteiger partial charge in [-0.05, 0) is 88.8 Å². The standard InChI is InChI=1S/C27H32N4O3/c1-15-23(16(2)34-30-15)17-4-5-22-20(13-17)28-24(21-14-18-12-19(18)25(32)29-21)31(22)26-6-9-27(33-3,10-7-26)11-8-26/h4-5,13,18-19,21H,6-12,14H2,1-3H3,(H,29,32). The fraction of sp³-hybridized carbons (Fsp3) is 0.593.